The summed E-state index contributed by atoms with van der Waals surface area (Å²) in [7, 11) is 0. The molecule has 0 aromatic heterocycles. The number of halogens is 1. The average molecular weight is 325 g/mol. The van der Waals surface area contributed by atoms with E-state index in [1.807, 2.05) is 47.4 Å². The van der Waals surface area contributed by atoms with E-state index in [-0.39, 0.29) is 12.3 Å². The maximum absolute atomic E-state index is 13.4. The summed E-state index contributed by atoms with van der Waals surface area (Å²) < 4.78 is 13.4. The fourth-order valence-electron chi connectivity index (χ4n) is 2.64. The van der Waals surface area contributed by atoms with Crippen molar-refractivity contribution in [3.8, 4) is 5.75 Å². The van der Waals surface area contributed by atoms with Gasteiger partial charge in [-0.15, -0.1) is 0 Å². The first-order valence-electron chi connectivity index (χ1n) is 8.12. The van der Waals surface area contributed by atoms with Gasteiger partial charge in [-0.2, -0.15) is 0 Å². The van der Waals surface area contributed by atoms with Gasteiger partial charge in [0.2, 0.25) is 5.91 Å². The fraction of sp³-hybridized carbons (Fsp3) is 0.250. The van der Waals surface area contributed by atoms with Gasteiger partial charge >= 0.3 is 0 Å². The third kappa shape index (κ3) is 4.22. The van der Waals surface area contributed by atoms with Crippen LogP contribution < -0.4 is 0 Å². The second-order valence-corrected chi connectivity index (χ2v) is 6.05. The monoisotopic (exact) mass is 325 g/mol. The van der Waals surface area contributed by atoms with Crippen LogP contribution in [0.3, 0.4) is 0 Å². The molecule has 3 nitrogen and oxygen atoms in total. The number of hydrogen-bond acceptors (Lipinski definition) is 2. The molecule has 1 saturated carbocycles. The zero-order valence-corrected chi connectivity index (χ0v) is 13.4. The largest absolute Gasteiger partial charge is 0.505 e. The van der Waals surface area contributed by atoms with Crippen LogP contribution in [0.2, 0.25) is 0 Å². The standard InChI is InChI=1S/C20H20FNO2/c21-18-13-16(8-11-19(18)23)14-20(24)22(17-9-10-17)12-4-7-15-5-2-1-3-6-15/h1-8,11,13,17,23H,9-10,12,14H2. The van der Waals surface area contributed by atoms with Crippen molar-refractivity contribution < 1.29 is 14.3 Å². The number of hydrogen-bond donors (Lipinski definition) is 1. The van der Waals surface area contributed by atoms with Crippen LogP contribution in [-0.4, -0.2) is 28.5 Å². The Morgan fingerprint density at radius 2 is 1.96 bits per heavy atom. The third-order valence-corrected chi connectivity index (χ3v) is 4.09. The molecule has 1 N–H and O–H groups in total. The molecule has 24 heavy (non-hydrogen) atoms. The summed E-state index contributed by atoms with van der Waals surface area (Å²) in [6.45, 7) is 0.555. The molecule has 0 aliphatic heterocycles. The molecule has 0 bridgehead atoms. The highest BCUT2D eigenvalue weighted by molar-refractivity contribution is 5.79. The number of phenolic OH excluding ortho intramolecular Hbond substituents is 1. The van der Waals surface area contributed by atoms with Gasteiger partial charge in [0.15, 0.2) is 11.6 Å². The number of carbonyl (C=O) groups is 1. The van der Waals surface area contributed by atoms with Crippen molar-refractivity contribution in [1.29, 1.82) is 0 Å². The van der Waals surface area contributed by atoms with Gasteiger partial charge in [-0.05, 0) is 36.1 Å². The molecule has 0 radical (unpaired) electrons. The van der Waals surface area contributed by atoms with Crippen LogP contribution in [0, 0.1) is 5.82 Å². The molecule has 0 unspecified atom stereocenters. The van der Waals surface area contributed by atoms with Crippen molar-refractivity contribution in [2.45, 2.75) is 25.3 Å². The molecule has 3 rings (SSSR count). The molecule has 0 saturated heterocycles. The first kappa shape index (κ1) is 16.2. The minimum atomic E-state index is -0.692. The Bertz CT molecular complexity index is 739. The molecular formula is C20H20FNO2. The number of carbonyl (C=O) groups excluding carboxylic acids is 1. The summed E-state index contributed by atoms with van der Waals surface area (Å²) in [6, 6.07) is 14.3. The van der Waals surface area contributed by atoms with Crippen LogP contribution in [-0.2, 0) is 11.2 Å². The van der Waals surface area contributed by atoms with E-state index in [2.05, 4.69) is 0 Å². The van der Waals surface area contributed by atoms with Crippen molar-refractivity contribution in [1.82, 2.24) is 4.90 Å². The van der Waals surface area contributed by atoms with Crippen molar-refractivity contribution >= 4 is 12.0 Å². The summed E-state index contributed by atoms with van der Waals surface area (Å²) >= 11 is 0. The van der Waals surface area contributed by atoms with Gasteiger partial charge in [-0.25, -0.2) is 4.39 Å². The normalized spacial score (nSPS) is 14.0. The highest BCUT2D eigenvalue weighted by Gasteiger charge is 2.31. The first-order chi connectivity index (χ1) is 11.6. The summed E-state index contributed by atoms with van der Waals surface area (Å²) in [5.74, 6) is -1.10. The summed E-state index contributed by atoms with van der Waals surface area (Å²) in [5, 5.41) is 9.23. The van der Waals surface area contributed by atoms with Gasteiger partial charge in [0.25, 0.3) is 0 Å². The Kier molecular flexibility index (Phi) is 4.94. The van der Waals surface area contributed by atoms with Gasteiger partial charge in [-0.1, -0.05) is 48.6 Å². The van der Waals surface area contributed by atoms with E-state index >= 15 is 0 Å². The Labute approximate surface area is 141 Å². The van der Waals surface area contributed by atoms with Gasteiger partial charge in [-0.3, -0.25) is 4.79 Å². The number of phenols is 1. The molecule has 1 fully saturated rings. The highest BCUT2D eigenvalue weighted by Crippen LogP contribution is 2.28. The van der Waals surface area contributed by atoms with Gasteiger partial charge in [0.1, 0.15) is 0 Å². The fourth-order valence-corrected chi connectivity index (χ4v) is 2.64. The molecule has 0 atom stereocenters. The van der Waals surface area contributed by atoms with E-state index < -0.39 is 11.6 Å². The van der Waals surface area contributed by atoms with Crippen LogP contribution in [0.1, 0.15) is 24.0 Å². The molecule has 2 aromatic rings. The maximum Gasteiger partial charge on any atom is 0.227 e. The van der Waals surface area contributed by atoms with Crippen molar-refractivity contribution in [2.75, 3.05) is 6.54 Å². The number of amides is 1. The van der Waals surface area contributed by atoms with Crippen molar-refractivity contribution in [2.24, 2.45) is 0 Å². The second kappa shape index (κ2) is 7.30. The van der Waals surface area contributed by atoms with Crippen LogP contribution in [0.4, 0.5) is 4.39 Å². The molecular weight excluding hydrogens is 305 g/mol. The topological polar surface area (TPSA) is 40.5 Å². The molecule has 1 aliphatic carbocycles. The summed E-state index contributed by atoms with van der Waals surface area (Å²) in [6.07, 6.45) is 6.18. The summed E-state index contributed by atoms with van der Waals surface area (Å²) in [4.78, 5) is 14.4. The first-order valence-corrected chi connectivity index (χ1v) is 8.12. The Morgan fingerprint density at radius 3 is 2.62 bits per heavy atom. The quantitative estimate of drug-likeness (QED) is 0.878. The lowest BCUT2D eigenvalue weighted by molar-refractivity contribution is -0.130. The zero-order chi connectivity index (χ0) is 16.9. The molecule has 0 heterocycles. The molecule has 1 aliphatic rings. The van der Waals surface area contributed by atoms with Crippen molar-refractivity contribution in [3.05, 3.63) is 71.6 Å². The smallest absolute Gasteiger partial charge is 0.227 e. The lowest BCUT2D eigenvalue weighted by Crippen LogP contribution is -2.34. The van der Waals surface area contributed by atoms with Gasteiger partial charge in [0, 0.05) is 12.6 Å². The Balaban J connectivity index is 1.63. The average Bonchev–Trinajstić information content (AvgIpc) is 3.41. The third-order valence-electron chi connectivity index (χ3n) is 4.09. The number of aromatic hydroxyl groups is 1. The predicted octanol–water partition coefficient (Wildman–Crippen LogP) is 3.78. The zero-order valence-electron chi connectivity index (χ0n) is 13.4. The molecule has 0 spiro atoms. The highest BCUT2D eigenvalue weighted by atomic mass is 19.1. The SMILES string of the molecule is O=C(Cc1ccc(O)c(F)c1)N(CC=Cc1ccccc1)C1CC1. The Hall–Kier alpha value is -2.62. The predicted molar refractivity (Wildman–Crippen MR) is 92.0 cm³/mol. The van der Waals surface area contributed by atoms with Crippen LogP contribution >= 0.6 is 0 Å². The molecule has 124 valence electrons. The van der Waals surface area contributed by atoms with E-state index in [0.29, 0.717) is 18.2 Å². The number of rotatable bonds is 6. The van der Waals surface area contributed by atoms with Crippen molar-refractivity contribution in [3.63, 3.8) is 0 Å². The van der Waals surface area contributed by atoms with Gasteiger partial charge in [0.05, 0.1) is 6.42 Å². The van der Waals surface area contributed by atoms with E-state index in [1.165, 1.54) is 12.1 Å². The van der Waals surface area contributed by atoms with E-state index in [0.717, 1.165) is 18.4 Å². The minimum absolute atomic E-state index is 0.0136. The number of nitrogens with zero attached hydrogens (tertiary/aromatic N) is 1. The maximum atomic E-state index is 13.4. The summed E-state index contributed by atoms with van der Waals surface area (Å²) in [5.41, 5.74) is 1.68. The molecule has 2 aromatic carbocycles. The lowest BCUT2D eigenvalue weighted by Gasteiger charge is -2.21. The van der Waals surface area contributed by atoms with E-state index in [1.54, 1.807) is 6.07 Å². The molecule has 4 heteroatoms. The van der Waals surface area contributed by atoms with Crippen LogP contribution in [0.15, 0.2) is 54.6 Å². The minimum Gasteiger partial charge on any atom is -0.505 e. The second-order valence-electron chi connectivity index (χ2n) is 6.05. The van der Waals surface area contributed by atoms with E-state index in [4.69, 9.17) is 0 Å². The Morgan fingerprint density at radius 1 is 1.21 bits per heavy atom. The molecule has 1 amide bonds. The van der Waals surface area contributed by atoms with Crippen LogP contribution in [0.25, 0.3) is 6.08 Å². The lowest BCUT2D eigenvalue weighted by atomic mass is 10.1. The number of benzene rings is 2. The van der Waals surface area contributed by atoms with Crippen LogP contribution in [0.5, 0.6) is 5.75 Å². The van der Waals surface area contributed by atoms with Gasteiger partial charge < -0.3 is 10.0 Å². The van der Waals surface area contributed by atoms with E-state index in [9.17, 15) is 14.3 Å².